The molecule has 2 rings (SSSR count). The van der Waals surface area contributed by atoms with E-state index in [1.807, 2.05) is 12.1 Å². The summed E-state index contributed by atoms with van der Waals surface area (Å²) in [5, 5.41) is 4.39. The first-order valence-electron chi connectivity index (χ1n) is 7.90. The van der Waals surface area contributed by atoms with Gasteiger partial charge in [0.2, 0.25) is 0 Å². The minimum absolute atomic E-state index is 0.503. The van der Waals surface area contributed by atoms with Crippen molar-refractivity contribution < 1.29 is 4.74 Å². The number of rotatable bonds is 8. The average Bonchev–Trinajstić information content (AvgIpc) is 2.98. The van der Waals surface area contributed by atoms with Gasteiger partial charge in [-0.2, -0.15) is 0 Å². The SMILES string of the molecule is COCCN(CC1CCCN1)C(C)Cc1ccc(Cl)cc1. The van der Waals surface area contributed by atoms with Crippen LogP contribution in [0.5, 0.6) is 0 Å². The van der Waals surface area contributed by atoms with Gasteiger partial charge in [-0.1, -0.05) is 23.7 Å². The van der Waals surface area contributed by atoms with Crippen LogP contribution in [0, 0.1) is 0 Å². The lowest BCUT2D eigenvalue weighted by atomic mass is 10.0. The van der Waals surface area contributed by atoms with Gasteiger partial charge in [0.15, 0.2) is 0 Å². The number of hydrogen-bond donors (Lipinski definition) is 1. The van der Waals surface area contributed by atoms with Gasteiger partial charge in [0.1, 0.15) is 0 Å². The zero-order valence-corrected chi connectivity index (χ0v) is 13.9. The average molecular weight is 311 g/mol. The van der Waals surface area contributed by atoms with Gasteiger partial charge in [-0.15, -0.1) is 0 Å². The molecule has 0 aliphatic carbocycles. The number of hydrogen-bond acceptors (Lipinski definition) is 3. The maximum Gasteiger partial charge on any atom is 0.0589 e. The van der Waals surface area contributed by atoms with E-state index >= 15 is 0 Å². The quantitative estimate of drug-likeness (QED) is 0.799. The van der Waals surface area contributed by atoms with Crippen LogP contribution in [0.2, 0.25) is 5.02 Å². The third kappa shape index (κ3) is 5.59. The molecule has 0 bridgehead atoms. The Bertz CT molecular complexity index is 404. The molecule has 1 aliphatic rings. The van der Waals surface area contributed by atoms with Gasteiger partial charge in [0, 0.05) is 37.3 Å². The van der Waals surface area contributed by atoms with E-state index in [4.69, 9.17) is 16.3 Å². The number of nitrogens with one attached hydrogen (secondary N) is 1. The van der Waals surface area contributed by atoms with Crippen LogP contribution < -0.4 is 5.32 Å². The van der Waals surface area contributed by atoms with Crippen LogP contribution >= 0.6 is 11.6 Å². The van der Waals surface area contributed by atoms with E-state index in [0.717, 1.165) is 37.7 Å². The molecular weight excluding hydrogens is 284 g/mol. The summed E-state index contributed by atoms with van der Waals surface area (Å²) in [6, 6.07) is 9.34. The predicted molar refractivity (Wildman–Crippen MR) is 89.1 cm³/mol. The van der Waals surface area contributed by atoms with E-state index < -0.39 is 0 Å². The van der Waals surface area contributed by atoms with Gasteiger partial charge < -0.3 is 10.1 Å². The molecule has 3 nitrogen and oxygen atoms in total. The topological polar surface area (TPSA) is 24.5 Å². The van der Waals surface area contributed by atoms with Crippen molar-refractivity contribution in [2.75, 3.05) is 33.4 Å². The summed E-state index contributed by atoms with van der Waals surface area (Å²) in [6.07, 6.45) is 3.64. The molecular formula is C17H27ClN2O. The van der Waals surface area contributed by atoms with E-state index in [0.29, 0.717) is 12.1 Å². The Hall–Kier alpha value is -0.610. The monoisotopic (exact) mass is 310 g/mol. The Morgan fingerprint density at radius 2 is 2.14 bits per heavy atom. The predicted octanol–water partition coefficient (Wildman–Crippen LogP) is 2.97. The number of nitrogens with zero attached hydrogens (tertiary/aromatic N) is 1. The van der Waals surface area contributed by atoms with E-state index in [-0.39, 0.29) is 0 Å². The molecule has 1 N–H and O–H groups in total. The number of benzene rings is 1. The standard InChI is InChI=1S/C17H27ClN2O/c1-14(12-15-5-7-16(18)8-6-15)20(10-11-21-2)13-17-4-3-9-19-17/h5-8,14,17,19H,3-4,9-13H2,1-2H3. The summed E-state index contributed by atoms with van der Waals surface area (Å²) in [7, 11) is 1.77. The fraction of sp³-hybridized carbons (Fsp3) is 0.647. The normalized spacial score (nSPS) is 20.1. The first kappa shape index (κ1) is 16.8. The second-order valence-electron chi connectivity index (χ2n) is 5.96. The summed E-state index contributed by atoms with van der Waals surface area (Å²) in [4.78, 5) is 2.54. The number of ether oxygens (including phenoxy) is 1. The van der Waals surface area contributed by atoms with Crippen molar-refractivity contribution in [3.63, 3.8) is 0 Å². The Balaban J connectivity index is 1.91. The Morgan fingerprint density at radius 3 is 2.76 bits per heavy atom. The highest BCUT2D eigenvalue weighted by Crippen LogP contribution is 2.15. The summed E-state index contributed by atoms with van der Waals surface area (Å²) in [6.45, 7) is 6.35. The summed E-state index contributed by atoms with van der Waals surface area (Å²) < 4.78 is 5.27. The third-order valence-electron chi connectivity index (χ3n) is 4.27. The van der Waals surface area contributed by atoms with Crippen molar-refractivity contribution in [3.8, 4) is 0 Å². The molecule has 1 fully saturated rings. The van der Waals surface area contributed by atoms with Gasteiger partial charge >= 0.3 is 0 Å². The molecule has 1 heterocycles. The molecule has 4 heteroatoms. The second-order valence-corrected chi connectivity index (χ2v) is 6.40. The van der Waals surface area contributed by atoms with Crippen LogP contribution in [0.15, 0.2) is 24.3 Å². The molecule has 118 valence electrons. The molecule has 1 aromatic carbocycles. The Labute approximate surface area is 133 Å². The first-order valence-corrected chi connectivity index (χ1v) is 8.27. The maximum atomic E-state index is 5.96. The fourth-order valence-electron chi connectivity index (χ4n) is 2.99. The lowest BCUT2D eigenvalue weighted by Gasteiger charge is -2.31. The van der Waals surface area contributed by atoms with Crippen molar-refractivity contribution in [2.45, 2.75) is 38.3 Å². The largest absolute Gasteiger partial charge is 0.383 e. The van der Waals surface area contributed by atoms with Gasteiger partial charge in [0.05, 0.1) is 6.61 Å². The minimum atomic E-state index is 0.503. The molecule has 1 saturated heterocycles. The van der Waals surface area contributed by atoms with E-state index in [1.54, 1.807) is 7.11 Å². The van der Waals surface area contributed by atoms with Crippen molar-refractivity contribution in [3.05, 3.63) is 34.9 Å². The van der Waals surface area contributed by atoms with E-state index in [2.05, 4.69) is 29.3 Å². The Morgan fingerprint density at radius 1 is 1.38 bits per heavy atom. The van der Waals surface area contributed by atoms with Crippen molar-refractivity contribution >= 4 is 11.6 Å². The molecule has 2 unspecified atom stereocenters. The van der Waals surface area contributed by atoms with Crippen LogP contribution in [0.25, 0.3) is 0 Å². The highest BCUT2D eigenvalue weighted by Gasteiger charge is 2.21. The molecule has 0 radical (unpaired) electrons. The zero-order valence-electron chi connectivity index (χ0n) is 13.1. The molecule has 2 atom stereocenters. The zero-order chi connectivity index (χ0) is 15.1. The molecule has 0 amide bonds. The van der Waals surface area contributed by atoms with Crippen LogP contribution in [0.1, 0.15) is 25.3 Å². The highest BCUT2D eigenvalue weighted by atomic mass is 35.5. The molecule has 1 aromatic rings. The summed E-state index contributed by atoms with van der Waals surface area (Å²) >= 11 is 5.96. The Kier molecular flexibility index (Phi) is 6.97. The van der Waals surface area contributed by atoms with E-state index in [1.165, 1.54) is 18.4 Å². The highest BCUT2D eigenvalue weighted by molar-refractivity contribution is 6.30. The van der Waals surface area contributed by atoms with Crippen LogP contribution in [0.3, 0.4) is 0 Å². The van der Waals surface area contributed by atoms with Gasteiger partial charge in [0.25, 0.3) is 0 Å². The maximum absolute atomic E-state index is 5.96. The van der Waals surface area contributed by atoms with Gasteiger partial charge in [-0.25, -0.2) is 0 Å². The molecule has 0 aromatic heterocycles. The van der Waals surface area contributed by atoms with Gasteiger partial charge in [-0.05, 0) is 50.4 Å². The lowest BCUT2D eigenvalue weighted by Crippen LogP contribution is -2.44. The van der Waals surface area contributed by atoms with Crippen LogP contribution in [-0.2, 0) is 11.2 Å². The van der Waals surface area contributed by atoms with E-state index in [9.17, 15) is 0 Å². The summed E-state index contributed by atoms with van der Waals surface area (Å²) in [5.41, 5.74) is 1.34. The first-order chi connectivity index (χ1) is 10.2. The lowest BCUT2D eigenvalue weighted by molar-refractivity contribution is 0.117. The molecule has 1 aliphatic heterocycles. The van der Waals surface area contributed by atoms with Crippen LogP contribution in [-0.4, -0.2) is 50.3 Å². The third-order valence-corrected chi connectivity index (χ3v) is 4.52. The second kappa shape index (κ2) is 8.74. The smallest absolute Gasteiger partial charge is 0.0589 e. The van der Waals surface area contributed by atoms with Crippen molar-refractivity contribution in [1.29, 1.82) is 0 Å². The number of halogens is 1. The molecule has 21 heavy (non-hydrogen) atoms. The summed E-state index contributed by atoms with van der Waals surface area (Å²) in [5.74, 6) is 0. The molecule has 0 saturated carbocycles. The van der Waals surface area contributed by atoms with Crippen molar-refractivity contribution in [1.82, 2.24) is 10.2 Å². The van der Waals surface area contributed by atoms with Gasteiger partial charge in [-0.3, -0.25) is 4.90 Å². The molecule has 0 spiro atoms. The number of methoxy groups -OCH3 is 1. The van der Waals surface area contributed by atoms with Crippen LogP contribution in [0.4, 0.5) is 0 Å². The minimum Gasteiger partial charge on any atom is -0.383 e. The fourth-order valence-corrected chi connectivity index (χ4v) is 3.11. The van der Waals surface area contributed by atoms with Crippen molar-refractivity contribution in [2.24, 2.45) is 0 Å².